The van der Waals surface area contributed by atoms with E-state index in [4.69, 9.17) is 22.4 Å². The molecular formula is C57H118O10P2. The van der Waals surface area contributed by atoms with Gasteiger partial charge in [-0.3, -0.25) is 18.1 Å². The van der Waals surface area contributed by atoms with Crippen LogP contribution < -0.4 is 0 Å². The number of hydrogen-bond acceptors (Lipinski definition) is 10. The molecule has 10 nitrogen and oxygen atoms in total. The summed E-state index contributed by atoms with van der Waals surface area (Å²) in [6.45, 7) is 6.08. The Morgan fingerprint density at radius 1 is 0.304 bits per heavy atom. The Balaban J connectivity index is 4.88. The zero-order chi connectivity index (χ0) is 50.5. The third kappa shape index (κ3) is 50.1. The van der Waals surface area contributed by atoms with Crippen molar-refractivity contribution in [3.63, 3.8) is 0 Å². The second kappa shape index (κ2) is 54.4. The van der Waals surface area contributed by atoms with E-state index in [2.05, 4.69) is 20.8 Å². The van der Waals surface area contributed by atoms with Crippen molar-refractivity contribution in [3.05, 3.63) is 0 Å². The lowest BCUT2D eigenvalue weighted by molar-refractivity contribution is -0.129. The monoisotopic (exact) mass is 1020 g/mol. The van der Waals surface area contributed by atoms with Crippen molar-refractivity contribution in [1.82, 2.24) is 0 Å². The van der Waals surface area contributed by atoms with Crippen LogP contribution in [0.5, 0.6) is 0 Å². The van der Waals surface area contributed by atoms with Crippen LogP contribution in [0.2, 0.25) is 0 Å². The first-order valence-corrected chi connectivity index (χ1v) is 33.2. The van der Waals surface area contributed by atoms with Crippen molar-refractivity contribution in [2.45, 2.75) is 341 Å². The molecule has 0 bridgehead atoms. The largest absolute Gasteiger partial charge is 0.486 e. The highest BCUT2D eigenvalue weighted by atomic mass is 31.3. The summed E-state index contributed by atoms with van der Waals surface area (Å²) >= 11 is 0. The summed E-state index contributed by atoms with van der Waals surface area (Å²) in [4.78, 5) is 0. The first-order valence-electron chi connectivity index (χ1n) is 30.3. The molecule has 0 amide bonds. The van der Waals surface area contributed by atoms with Crippen LogP contribution >= 0.6 is 15.6 Å². The van der Waals surface area contributed by atoms with Crippen molar-refractivity contribution in [3.8, 4) is 0 Å². The molecule has 0 spiro atoms. The van der Waals surface area contributed by atoms with Crippen molar-refractivity contribution < 1.29 is 46.9 Å². The van der Waals surface area contributed by atoms with E-state index in [1.807, 2.05) is 0 Å². The predicted octanol–water partition coefficient (Wildman–Crippen LogP) is 19.7. The van der Waals surface area contributed by atoms with E-state index < -0.39 is 34.6 Å². The van der Waals surface area contributed by atoms with Gasteiger partial charge in [0.25, 0.3) is 0 Å². The van der Waals surface area contributed by atoms with Crippen LogP contribution in [0.25, 0.3) is 0 Å². The SMILES string of the molecule is CCCCCCCCCCCCCCCCCCOP(=O)(OCCCCCCCCCCCCCCCCCC)OP(=O)(OCCCCCCCCCCCCCCCCCC)OC(O)C(O)CO. The van der Waals surface area contributed by atoms with Crippen LogP contribution in [0.1, 0.15) is 329 Å². The number of rotatable bonds is 60. The molecule has 0 aliphatic rings. The second-order valence-corrected chi connectivity index (χ2v) is 24.1. The van der Waals surface area contributed by atoms with Crippen LogP contribution in [-0.2, 0) is 31.5 Å². The van der Waals surface area contributed by atoms with E-state index >= 15 is 0 Å². The Morgan fingerprint density at radius 3 is 0.696 bits per heavy atom. The van der Waals surface area contributed by atoms with Crippen LogP contribution in [-0.4, -0.2) is 54.1 Å². The lowest BCUT2D eigenvalue weighted by atomic mass is 10.0. The molecule has 0 aromatic rings. The van der Waals surface area contributed by atoms with Crippen molar-refractivity contribution in [2.75, 3.05) is 26.4 Å². The number of phosphoric ester groups is 2. The molecule has 0 aromatic carbocycles. The quantitative estimate of drug-likeness (QED) is 0.0306. The fourth-order valence-electron chi connectivity index (χ4n) is 9.05. The van der Waals surface area contributed by atoms with Gasteiger partial charge in [-0.25, -0.2) is 9.13 Å². The fourth-order valence-corrected chi connectivity index (χ4v) is 12.4. The van der Waals surface area contributed by atoms with Crippen LogP contribution in [0.4, 0.5) is 0 Å². The van der Waals surface area contributed by atoms with E-state index in [1.165, 1.54) is 231 Å². The smallest absolute Gasteiger partial charge is 0.393 e. The average Bonchev–Trinajstić information content (AvgIpc) is 3.34. The minimum absolute atomic E-state index is 0.0318. The van der Waals surface area contributed by atoms with Gasteiger partial charge >= 0.3 is 15.6 Å². The van der Waals surface area contributed by atoms with Gasteiger partial charge in [-0.15, -0.1) is 0 Å². The van der Waals surface area contributed by atoms with E-state index in [0.717, 1.165) is 57.8 Å². The highest BCUT2D eigenvalue weighted by molar-refractivity contribution is 7.62. The van der Waals surface area contributed by atoms with E-state index in [0.29, 0.717) is 19.3 Å². The lowest BCUT2D eigenvalue weighted by Crippen LogP contribution is -2.31. The molecule has 0 aliphatic heterocycles. The van der Waals surface area contributed by atoms with Gasteiger partial charge in [-0.05, 0) is 19.3 Å². The van der Waals surface area contributed by atoms with Gasteiger partial charge in [0.05, 0.1) is 26.4 Å². The molecule has 0 fully saturated rings. The van der Waals surface area contributed by atoms with Gasteiger partial charge in [0.2, 0.25) is 0 Å². The molecule has 0 rings (SSSR count). The summed E-state index contributed by atoms with van der Waals surface area (Å²) in [5.41, 5.74) is 0. The van der Waals surface area contributed by atoms with Gasteiger partial charge in [-0.1, -0.05) is 310 Å². The molecule has 3 N–H and O–H groups in total. The minimum Gasteiger partial charge on any atom is -0.393 e. The zero-order valence-electron chi connectivity index (χ0n) is 46.0. The maximum absolute atomic E-state index is 14.2. The van der Waals surface area contributed by atoms with Crippen molar-refractivity contribution in [2.24, 2.45) is 0 Å². The summed E-state index contributed by atoms with van der Waals surface area (Å²) in [6.07, 6.45) is 54.9. The molecule has 0 radical (unpaired) electrons. The number of aliphatic hydroxyl groups is 3. The standard InChI is InChI=1S/C57H118O10P2/c1-4-7-10-13-16-19-22-25-28-31-34-37-40-43-46-49-52-63-68(61,64-53-50-47-44-41-38-35-32-29-26-23-20-17-14-11-8-5-2)67-69(62,66-57(60)56(59)55-58)65-54-51-48-45-42-39-36-33-30-27-24-21-18-15-12-9-6-3/h56-60H,4-55H2,1-3H3. The number of unbranched alkanes of at least 4 members (excludes halogenated alkanes) is 45. The molecule has 0 saturated carbocycles. The Kier molecular flexibility index (Phi) is 54.5. The zero-order valence-corrected chi connectivity index (χ0v) is 47.8. The van der Waals surface area contributed by atoms with Crippen molar-refractivity contribution >= 4 is 15.6 Å². The Bertz CT molecular complexity index is 1060. The molecule has 0 aliphatic carbocycles. The third-order valence-corrected chi connectivity index (χ3v) is 17.3. The Hall–Kier alpha value is 0.140. The number of phosphoric acid groups is 2. The van der Waals surface area contributed by atoms with Gasteiger partial charge < -0.3 is 15.3 Å². The van der Waals surface area contributed by atoms with Crippen LogP contribution in [0.3, 0.4) is 0 Å². The van der Waals surface area contributed by atoms with Gasteiger partial charge in [0, 0.05) is 0 Å². The topological polar surface area (TPSA) is 141 Å². The lowest BCUT2D eigenvalue weighted by Gasteiger charge is -2.26. The summed E-state index contributed by atoms with van der Waals surface area (Å²) in [7, 11) is -9.25. The molecule has 0 aromatic heterocycles. The van der Waals surface area contributed by atoms with Gasteiger partial charge in [-0.2, -0.15) is 4.31 Å². The molecule has 3 atom stereocenters. The van der Waals surface area contributed by atoms with Crippen molar-refractivity contribution in [1.29, 1.82) is 0 Å². The highest BCUT2D eigenvalue weighted by Crippen LogP contribution is 2.66. The third-order valence-electron chi connectivity index (χ3n) is 13.7. The molecule has 3 unspecified atom stereocenters. The molecule has 0 heterocycles. The van der Waals surface area contributed by atoms with Crippen LogP contribution in [0, 0.1) is 0 Å². The average molecular weight is 1030 g/mol. The Morgan fingerprint density at radius 2 is 0.493 bits per heavy atom. The first-order chi connectivity index (χ1) is 33.8. The molecule has 12 heteroatoms. The normalized spacial score (nSPS) is 13.9. The molecule has 416 valence electrons. The summed E-state index contributed by atoms with van der Waals surface area (Å²) in [5, 5.41) is 29.9. The molecular weight excluding hydrogens is 907 g/mol. The summed E-state index contributed by atoms with van der Waals surface area (Å²) in [6, 6.07) is 0. The minimum atomic E-state index is -4.77. The molecule has 69 heavy (non-hydrogen) atoms. The summed E-state index contributed by atoms with van der Waals surface area (Å²) < 4.78 is 56.1. The fraction of sp³-hybridized carbons (Fsp3) is 1.00. The number of hydrogen-bond donors (Lipinski definition) is 3. The van der Waals surface area contributed by atoms with Crippen LogP contribution in [0.15, 0.2) is 0 Å². The maximum atomic E-state index is 14.2. The Labute approximate surface area is 428 Å². The summed E-state index contributed by atoms with van der Waals surface area (Å²) in [5.74, 6) is 0. The highest BCUT2D eigenvalue weighted by Gasteiger charge is 2.43. The van der Waals surface area contributed by atoms with Gasteiger partial charge in [0.1, 0.15) is 6.10 Å². The number of aliphatic hydroxyl groups excluding tert-OH is 3. The van der Waals surface area contributed by atoms with Gasteiger partial charge in [0.15, 0.2) is 6.29 Å². The second-order valence-electron chi connectivity index (χ2n) is 20.6. The maximum Gasteiger partial charge on any atom is 0.486 e. The van der Waals surface area contributed by atoms with E-state index in [9.17, 15) is 24.4 Å². The van der Waals surface area contributed by atoms with E-state index in [1.54, 1.807) is 0 Å². The molecule has 0 saturated heterocycles. The predicted molar refractivity (Wildman–Crippen MR) is 293 cm³/mol. The first kappa shape index (κ1) is 69.1. The van der Waals surface area contributed by atoms with E-state index in [-0.39, 0.29) is 19.8 Å².